The van der Waals surface area contributed by atoms with E-state index in [1.54, 1.807) is 22.6 Å². The van der Waals surface area contributed by atoms with Crippen molar-refractivity contribution in [3.8, 4) is 0 Å². The molecule has 1 aliphatic heterocycles. The number of anilines is 1. The maximum atomic E-state index is 10.9. The Morgan fingerprint density at radius 3 is 3.11 bits per heavy atom. The number of nitrogens with one attached hydrogen (secondary N) is 2. The van der Waals surface area contributed by atoms with Crippen molar-refractivity contribution in [3.05, 3.63) is 58.1 Å². The standard InChI is InChI=1S/C20H18N6OS/c27-12-26-6-4-13(5-7-26)17-9-15-19(21-10-22-20(15)25-17)24-14-2-1-3-16-18(8-14)28-11-23-16/h1-2,4,8-12H,3,5-7H2,(H2,21,22,24,25). The lowest BCUT2D eigenvalue weighted by Gasteiger charge is -2.21. The number of thiazole rings is 1. The fourth-order valence-electron chi connectivity index (χ4n) is 3.49. The zero-order valence-corrected chi connectivity index (χ0v) is 15.9. The van der Waals surface area contributed by atoms with Crippen molar-refractivity contribution < 1.29 is 4.79 Å². The van der Waals surface area contributed by atoms with E-state index in [-0.39, 0.29) is 0 Å². The minimum absolute atomic E-state index is 0.639. The van der Waals surface area contributed by atoms with Gasteiger partial charge in [-0.3, -0.25) is 4.79 Å². The second-order valence-corrected chi connectivity index (χ2v) is 7.63. The van der Waals surface area contributed by atoms with Crippen molar-refractivity contribution in [2.24, 2.45) is 0 Å². The fourth-order valence-corrected chi connectivity index (χ4v) is 4.25. The van der Waals surface area contributed by atoms with Gasteiger partial charge in [-0.25, -0.2) is 15.0 Å². The van der Waals surface area contributed by atoms with E-state index in [2.05, 4.69) is 55.6 Å². The van der Waals surface area contributed by atoms with Gasteiger partial charge in [0.1, 0.15) is 17.8 Å². The number of aromatic nitrogens is 4. The molecule has 0 unspecified atom stereocenters. The average Bonchev–Trinajstić information content (AvgIpc) is 3.31. The molecule has 140 valence electrons. The highest BCUT2D eigenvalue weighted by Gasteiger charge is 2.16. The number of carbonyl (C=O) groups excluding carboxylic acids is 1. The molecule has 3 aromatic heterocycles. The van der Waals surface area contributed by atoms with Crippen molar-refractivity contribution in [1.29, 1.82) is 0 Å². The molecular weight excluding hydrogens is 372 g/mol. The second kappa shape index (κ2) is 7.05. The van der Waals surface area contributed by atoms with Crippen molar-refractivity contribution in [2.75, 3.05) is 18.4 Å². The minimum Gasteiger partial charge on any atom is -0.341 e. The normalized spacial score (nSPS) is 16.4. The molecule has 0 radical (unpaired) electrons. The number of fused-ring (bicyclic) bond motifs is 2. The zero-order valence-electron chi connectivity index (χ0n) is 15.1. The summed E-state index contributed by atoms with van der Waals surface area (Å²) in [5, 5.41) is 4.38. The highest BCUT2D eigenvalue weighted by Crippen LogP contribution is 2.29. The molecule has 0 fully saturated rings. The molecule has 2 N–H and O–H groups in total. The minimum atomic E-state index is 0.639. The molecule has 3 aromatic rings. The molecule has 0 saturated carbocycles. The van der Waals surface area contributed by atoms with E-state index in [9.17, 15) is 4.79 Å². The Labute approximate surface area is 165 Å². The van der Waals surface area contributed by atoms with Crippen LogP contribution in [0, 0.1) is 0 Å². The number of allylic oxidation sites excluding steroid dienone is 2. The summed E-state index contributed by atoms with van der Waals surface area (Å²) >= 11 is 1.64. The first-order chi connectivity index (χ1) is 13.8. The molecule has 1 amide bonds. The topological polar surface area (TPSA) is 86.8 Å². The lowest BCUT2D eigenvalue weighted by molar-refractivity contribution is -0.117. The van der Waals surface area contributed by atoms with Gasteiger partial charge in [0.25, 0.3) is 0 Å². The quantitative estimate of drug-likeness (QED) is 0.668. The van der Waals surface area contributed by atoms with E-state index >= 15 is 0 Å². The average molecular weight is 390 g/mol. The van der Waals surface area contributed by atoms with Gasteiger partial charge in [-0.15, -0.1) is 11.3 Å². The molecule has 0 bridgehead atoms. The van der Waals surface area contributed by atoms with Gasteiger partial charge < -0.3 is 15.2 Å². The largest absolute Gasteiger partial charge is 0.341 e. The van der Waals surface area contributed by atoms with E-state index in [1.807, 2.05) is 5.51 Å². The first kappa shape index (κ1) is 16.9. The summed E-state index contributed by atoms with van der Waals surface area (Å²) in [6, 6.07) is 2.08. The first-order valence-corrected chi connectivity index (χ1v) is 9.98. The van der Waals surface area contributed by atoms with Crippen molar-refractivity contribution >= 4 is 46.2 Å². The highest BCUT2D eigenvalue weighted by atomic mass is 32.1. The molecule has 1 aliphatic carbocycles. The molecular formula is C20H18N6OS. The van der Waals surface area contributed by atoms with Crippen LogP contribution in [-0.4, -0.2) is 44.3 Å². The van der Waals surface area contributed by atoms with Crippen LogP contribution in [-0.2, 0) is 11.2 Å². The summed E-state index contributed by atoms with van der Waals surface area (Å²) in [7, 11) is 0. The Kier molecular flexibility index (Phi) is 4.25. The van der Waals surface area contributed by atoms with E-state index in [4.69, 9.17) is 0 Å². The lowest BCUT2D eigenvalue weighted by atomic mass is 10.1. The van der Waals surface area contributed by atoms with Crippen LogP contribution in [0.5, 0.6) is 0 Å². The Hall–Kier alpha value is -3.26. The number of carbonyl (C=O) groups is 1. The van der Waals surface area contributed by atoms with Gasteiger partial charge in [0.15, 0.2) is 0 Å². The summed E-state index contributed by atoms with van der Waals surface area (Å²) in [6.07, 6.45) is 12.5. The van der Waals surface area contributed by atoms with Gasteiger partial charge >= 0.3 is 0 Å². The third-order valence-corrected chi connectivity index (χ3v) is 5.81. The molecule has 5 rings (SSSR count). The molecule has 2 aliphatic rings. The Morgan fingerprint density at radius 2 is 2.25 bits per heavy atom. The molecule has 0 saturated heterocycles. The molecule has 0 atom stereocenters. The van der Waals surface area contributed by atoms with Gasteiger partial charge in [-0.05, 0) is 30.2 Å². The van der Waals surface area contributed by atoms with Gasteiger partial charge in [0.05, 0.1) is 21.5 Å². The third-order valence-electron chi connectivity index (χ3n) is 4.99. The van der Waals surface area contributed by atoms with E-state index in [0.29, 0.717) is 6.54 Å². The zero-order chi connectivity index (χ0) is 18.9. The smallest absolute Gasteiger partial charge is 0.209 e. The molecule has 7 nitrogen and oxygen atoms in total. The number of hydrogen-bond donors (Lipinski definition) is 2. The first-order valence-electron chi connectivity index (χ1n) is 9.10. The van der Waals surface area contributed by atoms with Gasteiger partial charge in [0.2, 0.25) is 6.41 Å². The summed E-state index contributed by atoms with van der Waals surface area (Å²) in [6.45, 7) is 1.37. The SMILES string of the molecule is O=CN1CC=C(c2cc3c(NC4=Cc5scnc5CC=C4)ncnc3[nH]2)CC1. The molecule has 8 heteroatoms. The number of aromatic amines is 1. The van der Waals surface area contributed by atoms with Crippen molar-refractivity contribution in [3.63, 3.8) is 0 Å². The monoisotopic (exact) mass is 390 g/mol. The maximum absolute atomic E-state index is 10.9. The maximum Gasteiger partial charge on any atom is 0.209 e. The van der Waals surface area contributed by atoms with Crippen molar-refractivity contribution in [2.45, 2.75) is 12.8 Å². The van der Waals surface area contributed by atoms with E-state index < -0.39 is 0 Å². The van der Waals surface area contributed by atoms with E-state index in [0.717, 1.165) is 59.7 Å². The Bertz CT molecular complexity index is 1140. The molecule has 4 heterocycles. The summed E-state index contributed by atoms with van der Waals surface area (Å²) < 4.78 is 0. The Morgan fingerprint density at radius 1 is 1.29 bits per heavy atom. The molecule has 28 heavy (non-hydrogen) atoms. The lowest BCUT2D eigenvalue weighted by Crippen LogP contribution is -2.26. The Balaban J connectivity index is 1.47. The predicted molar refractivity (Wildman–Crippen MR) is 111 cm³/mol. The van der Waals surface area contributed by atoms with Gasteiger partial charge in [0, 0.05) is 30.9 Å². The van der Waals surface area contributed by atoms with Crippen LogP contribution >= 0.6 is 11.3 Å². The summed E-state index contributed by atoms with van der Waals surface area (Å²) in [5.74, 6) is 0.766. The number of amides is 1. The highest BCUT2D eigenvalue weighted by molar-refractivity contribution is 7.10. The third kappa shape index (κ3) is 3.11. The fraction of sp³-hybridized carbons (Fsp3) is 0.200. The van der Waals surface area contributed by atoms with Gasteiger partial charge in [-0.1, -0.05) is 12.2 Å². The number of nitrogens with zero attached hydrogens (tertiary/aromatic N) is 4. The van der Waals surface area contributed by atoms with Crippen LogP contribution in [0.4, 0.5) is 5.82 Å². The van der Waals surface area contributed by atoms with Crippen LogP contribution in [0.3, 0.4) is 0 Å². The predicted octanol–water partition coefficient (Wildman–Crippen LogP) is 3.23. The van der Waals surface area contributed by atoms with Crippen LogP contribution in [0.25, 0.3) is 22.7 Å². The van der Waals surface area contributed by atoms with Crippen LogP contribution in [0.15, 0.2) is 41.8 Å². The number of H-pyrrole nitrogens is 1. The van der Waals surface area contributed by atoms with Crippen LogP contribution < -0.4 is 5.32 Å². The van der Waals surface area contributed by atoms with Crippen molar-refractivity contribution in [1.82, 2.24) is 24.8 Å². The van der Waals surface area contributed by atoms with E-state index in [1.165, 1.54) is 10.5 Å². The van der Waals surface area contributed by atoms with Crippen LogP contribution in [0.1, 0.15) is 22.7 Å². The molecule has 0 aromatic carbocycles. The summed E-state index contributed by atoms with van der Waals surface area (Å²) in [5.41, 5.74) is 6.97. The van der Waals surface area contributed by atoms with Gasteiger partial charge in [-0.2, -0.15) is 0 Å². The molecule has 0 spiro atoms. The van der Waals surface area contributed by atoms with Crippen LogP contribution in [0.2, 0.25) is 0 Å². The number of hydrogen-bond acceptors (Lipinski definition) is 6. The second-order valence-electron chi connectivity index (χ2n) is 6.74. The summed E-state index contributed by atoms with van der Waals surface area (Å²) in [4.78, 5) is 30.5. The number of rotatable bonds is 4.